The predicted molar refractivity (Wildman–Crippen MR) is 130 cm³/mol. The summed E-state index contributed by atoms with van der Waals surface area (Å²) < 4.78 is 11.2. The molecule has 0 bridgehead atoms. The first-order valence-electron chi connectivity index (χ1n) is 12.1. The molecule has 1 N–H and O–H groups in total. The number of nitrogens with zero attached hydrogens (tertiary/aromatic N) is 1. The van der Waals surface area contributed by atoms with Crippen LogP contribution < -0.4 is 19.7 Å². The molecule has 180 valence electrons. The Morgan fingerprint density at radius 2 is 1.85 bits per heavy atom. The van der Waals surface area contributed by atoms with E-state index < -0.39 is 0 Å². The minimum absolute atomic E-state index is 0.0324. The maximum atomic E-state index is 12.7. The van der Waals surface area contributed by atoms with Crippen LogP contribution in [-0.4, -0.2) is 43.4 Å². The fourth-order valence-electron chi connectivity index (χ4n) is 4.43. The molecule has 7 nitrogen and oxygen atoms in total. The van der Waals surface area contributed by atoms with Crippen molar-refractivity contribution >= 4 is 23.3 Å². The zero-order valence-electron chi connectivity index (χ0n) is 19.7. The number of hydrogen-bond donors (Lipinski definition) is 1. The van der Waals surface area contributed by atoms with Crippen molar-refractivity contribution < 1.29 is 23.9 Å². The number of carbonyl (C=O) groups is 3. The van der Waals surface area contributed by atoms with E-state index in [2.05, 4.69) is 5.32 Å². The van der Waals surface area contributed by atoms with Gasteiger partial charge in [-0.2, -0.15) is 0 Å². The second kappa shape index (κ2) is 11.2. The molecular formula is C27H32N2O5. The summed E-state index contributed by atoms with van der Waals surface area (Å²) in [5.74, 6) is 0.852. The number of nitrogens with one attached hydrogen (secondary N) is 1. The smallest absolute Gasteiger partial charge is 0.265 e. The lowest BCUT2D eigenvalue weighted by molar-refractivity contribution is -0.123. The molecule has 0 unspecified atom stereocenters. The van der Waals surface area contributed by atoms with Gasteiger partial charge in [0.1, 0.15) is 11.5 Å². The molecule has 1 aliphatic heterocycles. The number of ether oxygens (including phenoxy) is 2. The molecule has 4 rings (SSSR count). The summed E-state index contributed by atoms with van der Waals surface area (Å²) in [6.07, 6.45) is 6.57. The van der Waals surface area contributed by atoms with Crippen LogP contribution in [0, 0.1) is 6.92 Å². The van der Waals surface area contributed by atoms with Crippen molar-refractivity contribution in [2.75, 3.05) is 24.7 Å². The number of benzene rings is 2. The molecule has 34 heavy (non-hydrogen) atoms. The van der Waals surface area contributed by atoms with Crippen molar-refractivity contribution in [3.8, 4) is 11.5 Å². The van der Waals surface area contributed by atoms with Crippen molar-refractivity contribution in [2.24, 2.45) is 0 Å². The van der Waals surface area contributed by atoms with Crippen LogP contribution in [0.5, 0.6) is 11.5 Å². The second-order valence-electron chi connectivity index (χ2n) is 9.05. The first-order valence-corrected chi connectivity index (χ1v) is 12.1. The average molecular weight is 465 g/mol. The maximum absolute atomic E-state index is 12.7. The number of rotatable bonds is 9. The van der Waals surface area contributed by atoms with E-state index in [1.807, 2.05) is 31.2 Å². The van der Waals surface area contributed by atoms with E-state index in [0.29, 0.717) is 42.1 Å². The zero-order chi connectivity index (χ0) is 23.9. The van der Waals surface area contributed by atoms with Gasteiger partial charge in [-0.3, -0.25) is 14.4 Å². The molecule has 2 aromatic rings. The Kier molecular flexibility index (Phi) is 7.83. The Morgan fingerprint density at radius 3 is 2.62 bits per heavy atom. The highest BCUT2D eigenvalue weighted by Crippen LogP contribution is 2.33. The number of carbonyl (C=O) groups excluding carboxylic acids is 3. The number of Topliss-reactive ketones (excluding diaryl/α,β-unsaturated/α-hetero) is 1. The third-order valence-corrected chi connectivity index (χ3v) is 6.37. The second-order valence-corrected chi connectivity index (χ2v) is 9.05. The van der Waals surface area contributed by atoms with Gasteiger partial charge >= 0.3 is 0 Å². The molecule has 0 spiro atoms. The standard InChI is InChI=1S/C27H32N2O5/c1-19-9-12-22(13-10-19)33-17-24(30)20-11-14-25-23(16-20)29(27(32)18-34-25)15-5-8-26(31)28-21-6-3-2-4-7-21/h9-14,16,21H,2-8,15,17-18H2,1H3,(H,28,31). The van der Waals surface area contributed by atoms with Gasteiger partial charge < -0.3 is 19.7 Å². The number of hydrogen-bond acceptors (Lipinski definition) is 5. The average Bonchev–Trinajstić information content (AvgIpc) is 2.85. The monoisotopic (exact) mass is 464 g/mol. The number of amides is 2. The van der Waals surface area contributed by atoms with Crippen LogP contribution in [0.2, 0.25) is 0 Å². The fraction of sp³-hybridized carbons (Fsp3) is 0.444. The molecular weight excluding hydrogens is 432 g/mol. The third-order valence-electron chi connectivity index (χ3n) is 6.37. The Balaban J connectivity index is 1.35. The van der Waals surface area contributed by atoms with E-state index >= 15 is 0 Å². The van der Waals surface area contributed by atoms with E-state index in [9.17, 15) is 14.4 Å². The normalized spacial score (nSPS) is 15.9. The van der Waals surface area contributed by atoms with Crippen molar-refractivity contribution in [1.82, 2.24) is 5.32 Å². The van der Waals surface area contributed by atoms with Gasteiger partial charge in [0.25, 0.3) is 5.91 Å². The van der Waals surface area contributed by atoms with Gasteiger partial charge in [-0.25, -0.2) is 0 Å². The van der Waals surface area contributed by atoms with E-state index in [0.717, 1.165) is 18.4 Å². The van der Waals surface area contributed by atoms with E-state index in [-0.39, 0.29) is 36.9 Å². The summed E-state index contributed by atoms with van der Waals surface area (Å²) in [7, 11) is 0. The van der Waals surface area contributed by atoms with Crippen molar-refractivity contribution in [3.63, 3.8) is 0 Å². The summed E-state index contributed by atoms with van der Waals surface area (Å²) >= 11 is 0. The van der Waals surface area contributed by atoms with Gasteiger partial charge in [0.2, 0.25) is 5.91 Å². The summed E-state index contributed by atoms with van der Waals surface area (Å²) in [5.41, 5.74) is 2.12. The Morgan fingerprint density at radius 1 is 1.09 bits per heavy atom. The molecule has 2 aliphatic rings. The molecule has 1 heterocycles. The fourth-order valence-corrected chi connectivity index (χ4v) is 4.43. The number of ketones is 1. The minimum atomic E-state index is -0.187. The molecule has 2 amide bonds. The summed E-state index contributed by atoms with van der Waals surface area (Å²) in [6.45, 7) is 2.23. The van der Waals surface area contributed by atoms with Crippen LogP contribution >= 0.6 is 0 Å². The van der Waals surface area contributed by atoms with Gasteiger partial charge in [0, 0.05) is 24.6 Å². The summed E-state index contributed by atoms with van der Waals surface area (Å²) in [5, 5.41) is 3.12. The van der Waals surface area contributed by atoms with E-state index in [4.69, 9.17) is 9.47 Å². The van der Waals surface area contributed by atoms with E-state index in [1.54, 1.807) is 23.1 Å². The maximum Gasteiger partial charge on any atom is 0.265 e. The largest absolute Gasteiger partial charge is 0.485 e. The summed E-state index contributed by atoms with van der Waals surface area (Å²) in [4.78, 5) is 39.2. The Labute approximate surface area is 200 Å². The SMILES string of the molecule is Cc1ccc(OCC(=O)c2ccc3c(c2)N(CCCC(=O)NC2CCCCC2)C(=O)CO3)cc1. The van der Waals surface area contributed by atoms with Gasteiger partial charge in [-0.05, 0) is 56.5 Å². The molecule has 2 aromatic carbocycles. The quantitative estimate of drug-likeness (QED) is 0.562. The van der Waals surface area contributed by atoms with Crippen molar-refractivity contribution in [3.05, 3.63) is 53.6 Å². The van der Waals surface area contributed by atoms with Crippen LogP contribution in [0.4, 0.5) is 5.69 Å². The predicted octanol–water partition coefficient (Wildman–Crippen LogP) is 4.21. The number of aryl methyl sites for hydroxylation is 1. The first kappa shape index (κ1) is 23.8. The zero-order valence-corrected chi connectivity index (χ0v) is 19.7. The molecule has 1 fully saturated rings. The lowest BCUT2D eigenvalue weighted by atomic mass is 9.95. The molecule has 7 heteroatoms. The van der Waals surface area contributed by atoms with Crippen LogP contribution in [0.1, 0.15) is 60.9 Å². The Hall–Kier alpha value is -3.35. The summed E-state index contributed by atoms with van der Waals surface area (Å²) in [6, 6.07) is 12.9. The molecule has 1 saturated carbocycles. The topological polar surface area (TPSA) is 84.9 Å². The van der Waals surface area contributed by atoms with Gasteiger partial charge in [-0.15, -0.1) is 0 Å². The van der Waals surface area contributed by atoms with Gasteiger partial charge in [-0.1, -0.05) is 37.0 Å². The third kappa shape index (κ3) is 6.16. The first-order chi connectivity index (χ1) is 16.5. The van der Waals surface area contributed by atoms with Crippen LogP contribution in [0.25, 0.3) is 0 Å². The lowest BCUT2D eigenvalue weighted by Crippen LogP contribution is -2.40. The minimum Gasteiger partial charge on any atom is -0.485 e. The van der Waals surface area contributed by atoms with Gasteiger partial charge in [0.05, 0.1) is 5.69 Å². The highest BCUT2D eigenvalue weighted by molar-refractivity contribution is 6.02. The van der Waals surface area contributed by atoms with Crippen molar-refractivity contribution in [1.29, 1.82) is 0 Å². The van der Waals surface area contributed by atoms with Gasteiger partial charge in [0.15, 0.2) is 19.0 Å². The number of fused-ring (bicyclic) bond motifs is 1. The molecule has 1 aliphatic carbocycles. The molecule has 0 atom stereocenters. The highest BCUT2D eigenvalue weighted by Gasteiger charge is 2.27. The number of anilines is 1. The van der Waals surface area contributed by atoms with Crippen LogP contribution in [0.3, 0.4) is 0 Å². The van der Waals surface area contributed by atoms with Crippen molar-refractivity contribution in [2.45, 2.75) is 57.9 Å². The highest BCUT2D eigenvalue weighted by atomic mass is 16.5. The van der Waals surface area contributed by atoms with Crippen LogP contribution in [0.15, 0.2) is 42.5 Å². The molecule has 0 radical (unpaired) electrons. The lowest BCUT2D eigenvalue weighted by Gasteiger charge is -2.30. The molecule has 0 aromatic heterocycles. The van der Waals surface area contributed by atoms with Crippen LogP contribution in [-0.2, 0) is 9.59 Å². The molecule has 0 saturated heterocycles. The van der Waals surface area contributed by atoms with E-state index in [1.165, 1.54) is 19.3 Å². The Bertz CT molecular complexity index is 1030.